The topological polar surface area (TPSA) is 75.3 Å². The summed E-state index contributed by atoms with van der Waals surface area (Å²) in [5.74, 6) is 0. The van der Waals surface area contributed by atoms with Gasteiger partial charge in [0.05, 0.1) is 26.3 Å². The fourth-order valence-corrected chi connectivity index (χ4v) is 3.67. The van der Waals surface area contributed by atoms with Crippen LogP contribution in [0.2, 0.25) is 0 Å². The molecule has 0 aromatic heterocycles. The first-order valence-corrected chi connectivity index (χ1v) is 9.57. The summed E-state index contributed by atoms with van der Waals surface area (Å²) in [5, 5.41) is 6.52. The SMILES string of the molecule is CC(C)(C)OC(=O)N1CC2(CNCCO2)C1.CN1CCOC2(CNC2)C1. The van der Waals surface area contributed by atoms with Gasteiger partial charge in [0.15, 0.2) is 0 Å². The molecule has 0 aromatic rings. The second kappa shape index (κ2) is 7.59. The molecule has 4 aliphatic rings. The molecule has 4 saturated heterocycles. The highest BCUT2D eigenvalue weighted by molar-refractivity contribution is 5.69. The van der Waals surface area contributed by atoms with Crippen molar-refractivity contribution in [3.8, 4) is 0 Å². The van der Waals surface area contributed by atoms with Crippen LogP contribution in [-0.4, -0.2) is 105 Å². The summed E-state index contributed by atoms with van der Waals surface area (Å²) < 4.78 is 16.7. The molecule has 26 heavy (non-hydrogen) atoms. The highest BCUT2D eigenvalue weighted by Gasteiger charge is 2.48. The van der Waals surface area contributed by atoms with Gasteiger partial charge in [-0.1, -0.05) is 0 Å². The summed E-state index contributed by atoms with van der Waals surface area (Å²) in [6, 6.07) is 0. The molecule has 0 bridgehead atoms. The molecule has 0 unspecified atom stereocenters. The van der Waals surface area contributed by atoms with Crippen LogP contribution in [0.1, 0.15) is 20.8 Å². The van der Waals surface area contributed by atoms with Crippen LogP contribution in [0.25, 0.3) is 0 Å². The van der Waals surface area contributed by atoms with Gasteiger partial charge in [-0.25, -0.2) is 4.79 Å². The minimum absolute atomic E-state index is 0.158. The fraction of sp³-hybridized carbons (Fsp3) is 0.944. The van der Waals surface area contributed by atoms with Crippen molar-refractivity contribution >= 4 is 6.09 Å². The van der Waals surface area contributed by atoms with Gasteiger partial charge in [-0.3, -0.25) is 0 Å². The summed E-state index contributed by atoms with van der Waals surface area (Å²) in [7, 11) is 2.16. The van der Waals surface area contributed by atoms with Gasteiger partial charge in [0.25, 0.3) is 0 Å². The molecule has 4 aliphatic heterocycles. The molecule has 0 aromatic carbocycles. The number of amides is 1. The average molecular weight is 370 g/mol. The number of likely N-dealkylation sites (N-methyl/N-ethyl adjacent to an activating group) is 1. The third-order valence-corrected chi connectivity index (χ3v) is 5.08. The van der Waals surface area contributed by atoms with Gasteiger partial charge in [-0.15, -0.1) is 0 Å². The monoisotopic (exact) mass is 370 g/mol. The van der Waals surface area contributed by atoms with E-state index in [0.717, 1.165) is 52.5 Å². The third-order valence-electron chi connectivity index (χ3n) is 5.08. The maximum Gasteiger partial charge on any atom is 0.410 e. The Balaban J connectivity index is 0.000000167. The summed E-state index contributed by atoms with van der Waals surface area (Å²) in [5.41, 5.74) is -0.395. The lowest BCUT2D eigenvalue weighted by Gasteiger charge is -2.51. The minimum atomic E-state index is -0.425. The number of hydrogen-bond acceptors (Lipinski definition) is 7. The molecule has 4 rings (SSSR count). The summed E-state index contributed by atoms with van der Waals surface area (Å²) in [6.07, 6.45) is -0.243. The van der Waals surface area contributed by atoms with Crippen LogP contribution in [0.3, 0.4) is 0 Å². The molecule has 2 spiro atoms. The summed E-state index contributed by atoms with van der Waals surface area (Å²) >= 11 is 0. The molecule has 4 heterocycles. The van der Waals surface area contributed by atoms with E-state index < -0.39 is 5.60 Å². The van der Waals surface area contributed by atoms with Crippen molar-refractivity contribution in [2.24, 2.45) is 0 Å². The van der Waals surface area contributed by atoms with Crippen LogP contribution in [0.5, 0.6) is 0 Å². The second-order valence-corrected chi connectivity index (χ2v) is 8.92. The predicted octanol–water partition coefficient (Wildman–Crippen LogP) is -0.114. The molecule has 4 fully saturated rings. The van der Waals surface area contributed by atoms with Gasteiger partial charge in [-0.2, -0.15) is 0 Å². The molecular formula is C18H34N4O4. The maximum absolute atomic E-state index is 11.7. The molecule has 8 nitrogen and oxygen atoms in total. The molecule has 0 atom stereocenters. The van der Waals surface area contributed by atoms with E-state index in [1.54, 1.807) is 4.90 Å². The van der Waals surface area contributed by atoms with Gasteiger partial charge in [-0.05, 0) is 27.8 Å². The molecule has 0 aliphatic carbocycles. The van der Waals surface area contributed by atoms with Crippen molar-refractivity contribution in [2.75, 3.05) is 72.6 Å². The fourth-order valence-electron chi connectivity index (χ4n) is 3.67. The Hall–Kier alpha value is -0.930. The number of nitrogens with zero attached hydrogens (tertiary/aromatic N) is 2. The van der Waals surface area contributed by atoms with Crippen LogP contribution in [-0.2, 0) is 14.2 Å². The van der Waals surface area contributed by atoms with Gasteiger partial charge in [0, 0.05) is 39.3 Å². The van der Waals surface area contributed by atoms with Gasteiger partial charge in [0.2, 0.25) is 0 Å². The Morgan fingerprint density at radius 1 is 1.00 bits per heavy atom. The lowest BCUT2D eigenvalue weighted by Crippen LogP contribution is -2.71. The molecule has 0 radical (unpaired) electrons. The zero-order chi connectivity index (χ0) is 18.8. The van der Waals surface area contributed by atoms with Gasteiger partial charge >= 0.3 is 6.09 Å². The van der Waals surface area contributed by atoms with Crippen molar-refractivity contribution < 1.29 is 19.0 Å². The van der Waals surface area contributed by atoms with Crippen LogP contribution in [0.4, 0.5) is 4.79 Å². The second-order valence-electron chi connectivity index (χ2n) is 8.92. The number of rotatable bonds is 0. The van der Waals surface area contributed by atoms with Crippen molar-refractivity contribution in [3.05, 3.63) is 0 Å². The first-order valence-electron chi connectivity index (χ1n) is 9.57. The lowest BCUT2D eigenvalue weighted by molar-refractivity contribution is -0.150. The Kier molecular flexibility index (Phi) is 5.79. The first-order chi connectivity index (χ1) is 12.2. The highest BCUT2D eigenvalue weighted by atomic mass is 16.6. The van der Waals surface area contributed by atoms with Crippen molar-refractivity contribution in [1.29, 1.82) is 0 Å². The smallest absolute Gasteiger partial charge is 0.410 e. The molecular weight excluding hydrogens is 336 g/mol. The van der Waals surface area contributed by atoms with Crippen LogP contribution < -0.4 is 10.6 Å². The van der Waals surface area contributed by atoms with Gasteiger partial charge < -0.3 is 34.6 Å². The van der Waals surface area contributed by atoms with Crippen LogP contribution in [0, 0.1) is 0 Å². The lowest BCUT2D eigenvalue weighted by atomic mass is 9.93. The first kappa shape index (κ1) is 19.8. The zero-order valence-electron chi connectivity index (χ0n) is 16.6. The Morgan fingerprint density at radius 2 is 1.65 bits per heavy atom. The van der Waals surface area contributed by atoms with Crippen molar-refractivity contribution in [2.45, 2.75) is 37.6 Å². The highest BCUT2D eigenvalue weighted by Crippen LogP contribution is 2.27. The van der Waals surface area contributed by atoms with Gasteiger partial charge in [0.1, 0.15) is 16.8 Å². The minimum Gasteiger partial charge on any atom is -0.444 e. The Labute approximate surface area is 156 Å². The quantitative estimate of drug-likeness (QED) is 0.616. The number of carbonyl (C=O) groups excluding carboxylic acids is 1. The number of morpholine rings is 2. The largest absolute Gasteiger partial charge is 0.444 e. The molecule has 0 saturated carbocycles. The van der Waals surface area contributed by atoms with E-state index in [0.29, 0.717) is 13.1 Å². The van der Waals surface area contributed by atoms with E-state index in [9.17, 15) is 4.79 Å². The van der Waals surface area contributed by atoms with E-state index in [4.69, 9.17) is 14.2 Å². The standard InChI is InChI=1S/C11H20N2O3.C7H14N2O/c1-10(2,3)16-9(14)13-7-11(8-13)6-12-4-5-15-11;1-9-2-3-10-7(6-9)4-8-5-7/h12H,4-8H2,1-3H3;8H,2-6H2,1H3. The van der Waals surface area contributed by atoms with Crippen molar-refractivity contribution in [3.63, 3.8) is 0 Å². The third kappa shape index (κ3) is 4.86. The summed E-state index contributed by atoms with van der Waals surface area (Å²) in [4.78, 5) is 15.7. The zero-order valence-corrected chi connectivity index (χ0v) is 16.6. The predicted molar refractivity (Wildman–Crippen MR) is 98.4 cm³/mol. The average Bonchev–Trinajstić information content (AvgIpc) is 2.51. The van der Waals surface area contributed by atoms with Crippen LogP contribution >= 0.6 is 0 Å². The van der Waals surface area contributed by atoms with Crippen LogP contribution in [0.15, 0.2) is 0 Å². The number of carbonyl (C=O) groups is 1. The number of likely N-dealkylation sites (tertiary alicyclic amines) is 1. The van der Waals surface area contributed by atoms with E-state index >= 15 is 0 Å². The summed E-state index contributed by atoms with van der Waals surface area (Å²) in [6.45, 7) is 14.5. The Bertz CT molecular complexity index is 490. The molecule has 150 valence electrons. The number of hydrogen-bond donors (Lipinski definition) is 2. The number of ether oxygens (including phenoxy) is 3. The molecule has 8 heteroatoms. The van der Waals surface area contributed by atoms with E-state index in [1.165, 1.54) is 0 Å². The van der Waals surface area contributed by atoms with Crippen molar-refractivity contribution in [1.82, 2.24) is 20.4 Å². The van der Waals surface area contributed by atoms with E-state index in [2.05, 4.69) is 22.6 Å². The van der Waals surface area contributed by atoms with E-state index in [-0.39, 0.29) is 17.3 Å². The number of nitrogens with one attached hydrogen (secondary N) is 2. The Morgan fingerprint density at radius 3 is 2.12 bits per heavy atom. The normalized spacial score (nSPS) is 27.2. The van der Waals surface area contributed by atoms with E-state index in [1.807, 2.05) is 20.8 Å². The molecule has 1 amide bonds. The maximum atomic E-state index is 11.7. The molecule has 2 N–H and O–H groups in total.